The number of piperidine rings is 1. The summed E-state index contributed by atoms with van der Waals surface area (Å²) in [6.45, 7) is 3.88. The first-order valence-electron chi connectivity index (χ1n) is 7.84. The van der Waals surface area contributed by atoms with E-state index in [4.69, 9.17) is 4.74 Å². The number of carbonyl (C=O) groups excluding carboxylic acids is 2. The second-order valence-corrected chi connectivity index (χ2v) is 5.70. The lowest BCUT2D eigenvalue weighted by molar-refractivity contribution is -0.146. The fourth-order valence-corrected chi connectivity index (χ4v) is 3.01. The maximum absolute atomic E-state index is 12.6. The molecule has 0 unspecified atom stereocenters. The molecule has 1 aliphatic heterocycles. The lowest BCUT2D eigenvalue weighted by atomic mass is 9.96. The molecule has 1 fully saturated rings. The summed E-state index contributed by atoms with van der Waals surface area (Å²) in [7, 11) is 1.40. The lowest BCUT2D eigenvalue weighted by Gasteiger charge is -2.30. The van der Waals surface area contributed by atoms with Crippen LogP contribution < -0.4 is 0 Å². The maximum Gasteiger partial charge on any atom is 0.308 e. The second kappa shape index (κ2) is 6.36. The van der Waals surface area contributed by atoms with Gasteiger partial charge in [-0.2, -0.15) is 0 Å². The van der Waals surface area contributed by atoms with Crippen LogP contribution in [0.25, 0.3) is 11.0 Å². The van der Waals surface area contributed by atoms with Crippen LogP contribution in [-0.4, -0.2) is 52.0 Å². The van der Waals surface area contributed by atoms with Crippen LogP contribution in [0.2, 0.25) is 0 Å². The Balaban J connectivity index is 1.72. The zero-order chi connectivity index (χ0) is 16.4. The summed E-state index contributed by atoms with van der Waals surface area (Å²) in [6.07, 6.45) is 1.29. The summed E-state index contributed by atoms with van der Waals surface area (Å²) in [5.74, 6) is -0.313. The Morgan fingerprint density at radius 1 is 1.30 bits per heavy atom. The van der Waals surface area contributed by atoms with Crippen LogP contribution >= 0.6 is 0 Å². The van der Waals surface area contributed by atoms with Crippen LogP contribution in [-0.2, 0) is 16.1 Å². The van der Waals surface area contributed by atoms with Crippen LogP contribution in [0.3, 0.4) is 0 Å². The minimum Gasteiger partial charge on any atom is -0.469 e. The van der Waals surface area contributed by atoms with Crippen LogP contribution in [0.5, 0.6) is 0 Å². The van der Waals surface area contributed by atoms with E-state index in [2.05, 4.69) is 10.3 Å². The molecule has 0 radical (unpaired) electrons. The van der Waals surface area contributed by atoms with Gasteiger partial charge in [0.1, 0.15) is 5.52 Å². The van der Waals surface area contributed by atoms with Gasteiger partial charge in [-0.15, -0.1) is 5.10 Å². The Bertz CT molecular complexity index is 732. The smallest absolute Gasteiger partial charge is 0.308 e. The molecule has 0 bridgehead atoms. The zero-order valence-electron chi connectivity index (χ0n) is 13.4. The van der Waals surface area contributed by atoms with Crippen molar-refractivity contribution < 1.29 is 14.3 Å². The van der Waals surface area contributed by atoms with E-state index in [0.29, 0.717) is 31.5 Å². The minimum absolute atomic E-state index is 0.0266. The van der Waals surface area contributed by atoms with Gasteiger partial charge in [-0.1, -0.05) is 5.21 Å². The quantitative estimate of drug-likeness (QED) is 0.802. The first kappa shape index (κ1) is 15.5. The van der Waals surface area contributed by atoms with Gasteiger partial charge in [0, 0.05) is 25.2 Å². The zero-order valence-corrected chi connectivity index (χ0v) is 13.4. The van der Waals surface area contributed by atoms with E-state index in [1.165, 1.54) is 7.11 Å². The number of rotatable bonds is 3. The highest BCUT2D eigenvalue weighted by Gasteiger charge is 2.28. The van der Waals surface area contributed by atoms with Gasteiger partial charge in [0.25, 0.3) is 5.91 Å². The number of carbonyl (C=O) groups is 2. The molecule has 2 heterocycles. The topological polar surface area (TPSA) is 77.3 Å². The highest BCUT2D eigenvalue weighted by atomic mass is 16.5. The van der Waals surface area contributed by atoms with Crippen LogP contribution in [0.1, 0.15) is 30.1 Å². The number of benzene rings is 1. The van der Waals surface area contributed by atoms with Crippen LogP contribution in [0.4, 0.5) is 0 Å². The summed E-state index contributed by atoms with van der Waals surface area (Å²) in [5.41, 5.74) is 2.26. The van der Waals surface area contributed by atoms with Crippen molar-refractivity contribution in [3.63, 3.8) is 0 Å². The molecule has 0 spiro atoms. The van der Waals surface area contributed by atoms with E-state index in [1.807, 2.05) is 19.1 Å². The number of hydrogen-bond donors (Lipinski definition) is 0. The molecule has 1 aromatic heterocycles. The number of methoxy groups -OCH3 is 1. The Labute approximate surface area is 134 Å². The Hall–Kier alpha value is -2.44. The fourth-order valence-electron chi connectivity index (χ4n) is 3.01. The van der Waals surface area contributed by atoms with Gasteiger partial charge in [0.05, 0.1) is 18.5 Å². The third-order valence-corrected chi connectivity index (χ3v) is 4.38. The van der Waals surface area contributed by atoms with Crippen molar-refractivity contribution in [1.29, 1.82) is 0 Å². The number of nitrogens with zero attached hydrogens (tertiary/aromatic N) is 4. The summed E-state index contributed by atoms with van der Waals surface area (Å²) in [6, 6.07) is 5.48. The van der Waals surface area contributed by atoms with E-state index in [-0.39, 0.29) is 17.8 Å². The summed E-state index contributed by atoms with van der Waals surface area (Å²) in [5, 5.41) is 8.16. The van der Waals surface area contributed by atoms with Gasteiger partial charge in [-0.3, -0.25) is 9.59 Å². The van der Waals surface area contributed by atoms with Crippen molar-refractivity contribution in [2.24, 2.45) is 5.92 Å². The van der Waals surface area contributed by atoms with E-state index >= 15 is 0 Å². The van der Waals surface area contributed by atoms with Crippen molar-refractivity contribution in [2.75, 3.05) is 20.2 Å². The van der Waals surface area contributed by atoms with Crippen molar-refractivity contribution >= 4 is 22.9 Å². The fraction of sp³-hybridized carbons (Fsp3) is 0.500. The molecule has 1 aliphatic rings. The molecule has 1 aromatic carbocycles. The molecule has 122 valence electrons. The van der Waals surface area contributed by atoms with Crippen molar-refractivity contribution in [2.45, 2.75) is 26.3 Å². The number of hydrogen-bond acceptors (Lipinski definition) is 5. The van der Waals surface area contributed by atoms with Crippen molar-refractivity contribution in [3.8, 4) is 0 Å². The standard InChI is InChI=1S/C16H20N4O3/c1-3-20-14-5-4-12(10-13(14)17-18-20)15(21)19-8-6-11(7-9-19)16(22)23-2/h4-5,10-11H,3,6-9H2,1-2H3. The number of esters is 1. The predicted molar refractivity (Wildman–Crippen MR) is 83.8 cm³/mol. The SMILES string of the molecule is CCn1nnc2cc(C(=O)N3CCC(C(=O)OC)CC3)ccc21. The molecule has 23 heavy (non-hydrogen) atoms. The molecule has 0 atom stereocenters. The average molecular weight is 316 g/mol. The highest BCUT2D eigenvalue weighted by Crippen LogP contribution is 2.21. The van der Waals surface area contributed by atoms with Gasteiger partial charge < -0.3 is 9.64 Å². The number of fused-ring (bicyclic) bond motifs is 1. The number of aromatic nitrogens is 3. The number of aryl methyl sites for hydroxylation is 1. The molecule has 7 nitrogen and oxygen atoms in total. The molecule has 1 amide bonds. The Morgan fingerprint density at radius 2 is 2.04 bits per heavy atom. The van der Waals surface area contributed by atoms with Gasteiger partial charge in [-0.25, -0.2) is 4.68 Å². The molecule has 0 saturated carbocycles. The number of likely N-dealkylation sites (tertiary alicyclic amines) is 1. The van der Waals surface area contributed by atoms with E-state index in [0.717, 1.165) is 17.6 Å². The summed E-state index contributed by atoms with van der Waals surface area (Å²) < 4.78 is 6.57. The Morgan fingerprint density at radius 3 is 2.70 bits per heavy atom. The molecule has 1 saturated heterocycles. The molecule has 2 aromatic rings. The van der Waals surface area contributed by atoms with Gasteiger partial charge >= 0.3 is 5.97 Å². The van der Waals surface area contributed by atoms with Crippen molar-refractivity contribution in [3.05, 3.63) is 23.8 Å². The first-order valence-corrected chi connectivity index (χ1v) is 7.84. The highest BCUT2D eigenvalue weighted by molar-refractivity contribution is 5.97. The molecule has 7 heteroatoms. The largest absolute Gasteiger partial charge is 0.469 e. The lowest BCUT2D eigenvalue weighted by Crippen LogP contribution is -2.40. The normalized spacial score (nSPS) is 15.8. The molecule has 3 rings (SSSR count). The van der Waals surface area contributed by atoms with Gasteiger partial charge in [-0.05, 0) is 38.0 Å². The average Bonchev–Trinajstić information content (AvgIpc) is 3.02. The van der Waals surface area contributed by atoms with Gasteiger partial charge in [0.2, 0.25) is 0 Å². The minimum atomic E-state index is -0.185. The Kier molecular flexibility index (Phi) is 4.27. The maximum atomic E-state index is 12.6. The van der Waals surface area contributed by atoms with Crippen molar-refractivity contribution in [1.82, 2.24) is 19.9 Å². The van der Waals surface area contributed by atoms with E-state index < -0.39 is 0 Å². The van der Waals surface area contributed by atoms with E-state index in [1.54, 1.807) is 15.6 Å². The monoisotopic (exact) mass is 316 g/mol. The third-order valence-electron chi connectivity index (χ3n) is 4.38. The molecule has 0 N–H and O–H groups in total. The third kappa shape index (κ3) is 2.91. The molecule has 0 aliphatic carbocycles. The predicted octanol–water partition coefficient (Wildman–Crippen LogP) is 1.48. The molecular formula is C16H20N4O3. The van der Waals surface area contributed by atoms with Crippen LogP contribution in [0, 0.1) is 5.92 Å². The second-order valence-electron chi connectivity index (χ2n) is 5.70. The van der Waals surface area contributed by atoms with Crippen LogP contribution in [0.15, 0.2) is 18.2 Å². The van der Waals surface area contributed by atoms with E-state index in [9.17, 15) is 9.59 Å². The number of amides is 1. The van der Waals surface area contributed by atoms with Gasteiger partial charge in [0.15, 0.2) is 0 Å². The summed E-state index contributed by atoms with van der Waals surface area (Å²) >= 11 is 0. The summed E-state index contributed by atoms with van der Waals surface area (Å²) in [4.78, 5) is 26.0. The first-order chi connectivity index (χ1) is 11.1. The number of ether oxygens (including phenoxy) is 1. The molecular weight excluding hydrogens is 296 g/mol.